The zero-order valence-electron chi connectivity index (χ0n) is 13.2. The molecule has 108 valence electrons. The minimum absolute atomic E-state index is 0.179. The van der Waals surface area contributed by atoms with Gasteiger partial charge in [-0.25, -0.2) is 4.98 Å². The molecule has 0 fully saturated rings. The van der Waals surface area contributed by atoms with Crippen LogP contribution in [0.2, 0.25) is 0 Å². The van der Waals surface area contributed by atoms with Crippen molar-refractivity contribution in [1.29, 1.82) is 0 Å². The molecule has 1 unspecified atom stereocenters. The topological polar surface area (TPSA) is 34.2 Å². The van der Waals surface area contributed by atoms with Crippen LogP contribution >= 0.6 is 0 Å². The molecule has 1 atom stereocenters. The Labute approximate surface area is 117 Å². The van der Waals surface area contributed by atoms with Gasteiger partial charge in [0.15, 0.2) is 0 Å². The third-order valence-electron chi connectivity index (χ3n) is 3.40. The summed E-state index contributed by atoms with van der Waals surface area (Å²) in [6, 6.07) is 2.12. The Bertz CT molecular complexity index is 402. The lowest BCUT2D eigenvalue weighted by Crippen LogP contribution is -2.22. The molecule has 1 aromatic rings. The first-order chi connectivity index (χ1) is 8.95. The van der Waals surface area contributed by atoms with Crippen LogP contribution in [0.15, 0.2) is 6.07 Å². The average molecular weight is 264 g/mol. The van der Waals surface area contributed by atoms with Gasteiger partial charge in [-0.2, -0.15) is 0 Å². The third kappa shape index (κ3) is 4.83. The summed E-state index contributed by atoms with van der Waals surface area (Å²) in [5, 5.41) is 3.43. The molecule has 3 heteroatoms. The lowest BCUT2D eigenvalue weighted by atomic mass is 10.1. The van der Waals surface area contributed by atoms with E-state index in [4.69, 9.17) is 4.74 Å². The molecule has 3 nitrogen and oxygen atoms in total. The summed E-state index contributed by atoms with van der Waals surface area (Å²) in [6.07, 6.45) is 1.32. The summed E-state index contributed by atoms with van der Waals surface area (Å²) >= 11 is 0. The first kappa shape index (κ1) is 16.0. The van der Waals surface area contributed by atoms with E-state index in [0.717, 1.165) is 31.1 Å². The molecule has 0 spiro atoms. The Morgan fingerprint density at radius 3 is 2.53 bits per heavy atom. The smallest absolute Gasteiger partial charge is 0.218 e. The molecule has 1 rings (SSSR count). The molecule has 0 aliphatic carbocycles. The molecule has 0 aliphatic rings. The predicted octanol–water partition coefficient (Wildman–Crippen LogP) is 3.62. The number of pyridine rings is 1. The highest BCUT2D eigenvalue weighted by molar-refractivity contribution is 5.36. The third-order valence-corrected chi connectivity index (χ3v) is 3.40. The molecule has 1 N–H and O–H groups in total. The van der Waals surface area contributed by atoms with Crippen molar-refractivity contribution < 1.29 is 4.74 Å². The van der Waals surface area contributed by atoms with Gasteiger partial charge in [-0.05, 0) is 51.3 Å². The number of ether oxygens (including phenoxy) is 1. The van der Waals surface area contributed by atoms with Gasteiger partial charge in [0.25, 0.3) is 0 Å². The fourth-order valence-electron chi connectivity index (χ4n) is 1.84. The predicted molar refractivity (Wildman–Crippen MR) is 80.6 cm³/mol. The van der Waals surface area contributed by atoms with Crippen molar-refractivity contribution in [2.75, 3.05) is 6.54 Å². The molecule has 0 aromatic carbocycles. The highest BCUT2D eigenvalue weighted by Crippen LogP contribution is 2.23. The minimum atomic E-state index is 0.179. The largest absolute Gasteiger partial charge is 0.474 e. The van der Waals surface area contributed by atoms with Crippen molar-refractivity contribution in [3.63, 3.8) is 0 Å². The van der Waals surface area contributed by atoms with Gasteiger partial charge in [-0.15, -0.1) is 0 Å². The molecular weight excluding hydrogens is 236 g/mol. The van der Waals surface area contributed by atoms with Crippen molar-refractivity contribution in [3.8, 4) is 5.88 Å². The van der Waals surface area contributed by atoms with Gasteiger partial charge >= 0.3 is 0 Å². The standard InChI is InChI=1S/C16H28N2O/c1-7-8-17-10-15-12(4)9-13(5)18-16(15)19-14(6)11(2)3/h9,11,14,17H,7-8,10H2,1-6H3. The Morgan fingerprint density at radius 2 is 1.95 bits per heavy atom. The molecule has 1 heterocycles. The van der Waals surface area contributed by atoms with Crippen LogP contribution in [0.1, 0.15) is 50.9 Å². The maximum Gasteiger partial charge on any atom is 0.218 e. The molecule has 0 bridgehead atoms. The van der Waals surface area contributed by atoms with Crippen molar-refractivity contribution in [2.45, 2.75) is 60.6 Å². The Balaban J connectivity index is 2.92. The SMILES string of the molecule is CCCNCc1c(C)cc(C)nc1OC(C)C(C)C. The van der Waals surface area contributed by atoms with Crippen LogP contribution < -0.4 is 10.1 Å². The van der Waals surface area contributed by atoms with E-state index in [2.05, 4.69) is 51.0 Å². The maximum atomic E-state index is 6.05. The van der Waals surface area contributed by atoms with Crippen molar-refractivity contribution in [1.82, 2.24) is 10.3 Å². The van der Waals surface area contributed by atoms with Crippen molar-refractivity contribution >= 4 is 0 Å². The molecule has 0 saturated heterocycles. The summed E-state index contributed by atoms with van der Waals surface area (Å²) in [6.45, 7) is 14.6. The Kier molecular flexibility index (Phi) is 6.29. The minimum Gasteiger partial charge on any atom is -0.474 e. The lowest BCUT2D eigenvalue weighted by Gasteiger charge is -2.21. The first-order valence-corrected chi connectivity index (χ1v) is 7.30. The highest BCUT2D eigenvalue weighted by Gasteiger charge is 2.15. The van der Waals surface area contributed by atoms with Gasteiger partial charge in [0.05, 0.1) is 6.10 Å². The lowest BCUT2D eigenvalue weighted by molar-refractivity contribution is 0.161. The number of hydrogen-bond acceptors (Lipinski definition) is 3. The molecule has 19 heavy (non-hydrogen) atoms. The molecule has 0 aliphatic heterocycles. The van der Waals surface area contributed by atoms with E-state index < -0.39 is 0 Å². The number of hydrogen-bond donors (Lipinski definition) is 1. The van der Waals surface area contributed by atoms with E-state index in [1.165, 1.54) is 11.1 Å². The van der Waals surface area contributed by atoms with E-state index in [1.807, 2.05) is 6.92 Å². The summed E-state index contributed by atoms with van der Waals surface area (Å²) in [5.74, 6) is 1.28. The van der Waals surface area contributed by atoms with Crippen LogP contribution in [0.4, 0.5) is 0 Å². The summed E-state index contributed by atoms with van der Waals surface area (Å²) in [5.41, 5.74) is 3.45. The summed E-state index contributed by atoms with van der Waals surface area (Å²) in [7, 11) is 0. The Morgan fingerprint density at radius 1 is 1.26 bits per heavy atom. The molecule has 0 radical (unpaired) electrons. The quantitative estimate of drug-likeness (QED) is 0.764. The monoisotopic (exact) mass is 264 g/mol. The zero-order chi connectivity index (χ0) is 14.4. The summed E-state index contributed by atoms with van der Waals surface area (Å²) < 4.78 is 6.05. The second-order valence-corrected chi connectivity index (χ2v) is 5.61. The van der Waals surface area contributed by atoms with E-state index >= 15 is 0 Å². The molecule has 0 saturated carbocycles. The van der Waals surface area contributed by atoms with Crippen molar-refractivity contribution in [2.24, 2.45) is 5.92 Å². The van der Waals surface area contributed by atoms with Crippen LogP contribution in [-0.2, 0) is 6.54 Å². The second kappa shape index (κ2) is 7.49. The Hall–Kier alpha value is -1.09. The molecule has 1 aromatic heterocycles. The van der Waals surface area contributed by atoms with Gasteiger partial charge in [-0.3, -0.25) is 0 Å². The van der Waals surface area contributed by atoms with E-state index in [9.17, 15) is 0 Å². The van der Waals surface area contributed by atoms with Gasteiger partial charge < -0.3 is 10.1 Å². The van der Waals surface area contributed by atoms with Crippen LogP contribution in [0.25, 0.3) is 0 Å². The first-order valence-electron chi connectivity index (χ1n) is 7.30. The van der Waals surface area contributed by atoms with E-state index in [0.29, 0.717) is 5.92 Å². The number of rotatable bonds is 7. The number of aromatic nitrogens is 1. The van der Waals surface area contributed by atoms with Gasteiger partial charge in [0.1, 0.15) is 0 Å². The molecular formula is C16H28N2O. The normalized spacial score (nSPS) is 12.8. The zero-order valence-corrected chi connectivity index (χ0v) is 13.2. The average Bonchev–Trinajstić information content (AvgIpc) is 2.32. The van der Waals surface area contributed by atoms with Crippen LogP contribution in [0.5, 0.6) is 5.88 Å². The summed E-state index contributed by atoms with van der Waals surface area (Å²) in [4.78, 5) is 4.57. The van der Waals surface area contributed by atoms with Crippen LogP contribution in [0, 0.1) is 19.8 Å². The number of aryl methyl sites for hydroxylation is 2. The fraction of sp³-hybridized carbons (Fsp3) is 0.688. The van der Waals surface area contributed by atoms with Crippen molar-refractivity contribution in [3.05, 3.63) is 22.9 Å². The van der Waals surface area contributed by atoms with Gasteiger partial charge in [0, 0.05) is 17.8 Å². The number of nitrogens with one attached hydrogen (secondary N) is 1. The van der Waals surface area contributed by atoms with Gasteiger partial charge in [-0.1, -0.05) is 20.8 Å². The van der Waals surface area contributed by atoms with Crippen LogP contribution in [-0.4, -0.2) is 17.6 Å². The second-order valence-electron chi connectivity index (χ2n) is 5.61. The van der Waals surface area contributed by atoms with Crippen LogP contribution in [0.3, 0.4) is 0 Å². The molecule has 0 amide bonds. The number of nitrogens with zero attached hydrogens (tertiary/aromatic N) is 1. The maximum absolute atomic E-state index is 6.05. The van der Waals surface area contributed by atoms with E-state index in [-0.39, 0.29) is 6.10 Å². The van der Waals surface area contributed by atoms with E-state index in [1.54, 1.807) is 0 Å². The highest BCUT2D eigenvalue weighted by atomic mass is 16.5. The van der Waals surface area contributed by atoms with Gasteiger partial charge in [0.2, 0.25) is 5.88 Å². The fourth-order valence-corrected chi connectivity index (χ4v) is 1.84.